The molecule has 2 fully saturated rings. The third kappa shape index (κ3) is 4.96. The Kier molecular flexibility index (Phi) is 6.69. The van der Waals surface area contributed by atoms with Crippen LogP contribution in [0.2, 0.25) is 0 Å². The summed E-state index contributed by atoms with van der Waals surface area (Å²) in [5, 5.41) is 3.41. The Morgan fingerprint density at radius 2 is 1.80 bits per heavy atom. The van der Waals surface area contributed by atoms with E-state index in [4.69, 9.17) is 0 Å². The Labute approximate surface area is 128 Å². The van der Waals surface area contributed by atoms with Gasteiger partial charge in [-0.05, 0) is 76.0 Å². The SMILES string of the molecule is CC(C)N(CC1CCNCC1)C(=O)CC1CCSCC1. The fourth-order valence-electron chi connectivity index (χ4n) is 3.26. The van der Waals surface area contributed by atoms with E-state index in [1.807, 2.05) is 11.8 Å². The van der Waals surface area contributed by atoms with Gasteiger partial charge < -0.3 is 10.2 Å². The summed E-state index contributed by atoms with van der Waals surface area (Å²) < 4.78 is 0. The van der Waals surface area contributed by atoms with Gasteiger partial charge in [-0.15, -0.1) is 0 Å². The summed E-state index contributed by atoms with van der Waals surface area (Å²) in [4.78, 5) is 14.8. The van der Waals surface area contributed by atoms with Gasteiger partial charge in [-0.3, -0.25) is 4.79 Å². The Morgan fingerprint density at radius 1 is 1.15 bits per heavy atom. The number of carbonyl (C=O) groups excluding carboxylic acids is 1. The molecule has 2 aliphatic heterocycles. The number of nitrogens with zero attached hydrogens (tertiary/aromatic N) is 1. The van der Waals surface area contributed by atoms with E-state index >= 15 is 0 Å². The minimum atomic E-state index is 0.343. The highest BCUT2D eigenvalue weighted by Crippen LogP contribution is 2.26. The fraction of sp³-hybridized carbons (Fsp3) is 0.938. The van der Waals surface area contributed by atoms with Crippen molar-refractivity contribution >= 4 is 17.7 Å². The first-order valence-corrected chi connectivity index (χ1v) is 9.40. The Hall–Kier alpha value is -0.220. The van der Waals surface area contributed by atoms with E-state index in [2.05, 4.69) is 24.1 Å². The summed E-state index contributed by atoms with van der Waals surface area (Å²) in [7, 11) is 0. The Bertz CT molecular complexity index is 297. The van der Waals surface area contributed by atoms with Crippen molar-refractivity contribution in [3.63, 3.8) is 0 Å². The van der Waals surface area contributed by atoms with Crippen LogP contribution < -0.4 is 5.32 Å². The second-order valence-corrected chi connectivity index (χ2v) is 7.82. The maximum absolute atomic E-state index is 12.6. The van der Waals surface area contributed by atoms with Gasteiger partial charge in [-0.2, -0.15) is 11.8 Å². The number of hydrogen-bond acceptors (Lipinski definition) is 3. The van der Waals surface area contributed by atoms with Gasteiger partial charge in [0.2, 0.25) is 5.91 Å². The van der Waals surface area contributed by atoms with Crippen LogP contribution in [-0.4, -0.2) is 48.0 Å². The van der Waals surface area contributed by atoms with E-state index in [1.165, 1.54) is 37.2 Å². The van der Waals surface area contributed by atoms with Crippen molar-refractivity contribution in [1.29, 1.82) is 0 Å². The van der Waals surface area contributed by atoms with Crippen molar-refractivity contribution in [2.45, 2.75) is 52.0 Å². The third-order valence-corrected chi connectivity index (χ3v) is 5.71. The molecule has 0 bridgehead atoms. The summed E-state index contributed by atoms with van der Waals surface area (Å²) in [6.45, 7) is 7.53. The molecule has 2 aliphatic rings. The highest BCUT2D eigenvalue weighted by Gasteiger charge is 2.25. The molecule has 2 saturated heterocycles. The molecule has 0 unspecified atom stereocenters. The first-order valence-electron chi connectivity index (χ1n) is 8.24. The van der Waals surface area contributed by atoms with Gasteiger partial charge in [0.25, 0.3) is 0 Å². The predicted octanol–water partition coefficient (Wildman–Crippen LogP) is 2.76. The standard InChI is InChI=1S/C16H30N2OS/c1-13(2)18(12-15-3-7-17-8-4-15)16(19)11-14-5-9-20-10-6-14/h13-15,17H,3-12H2,1-2H3. The summed E-state index contributed by atoms with van der Waals surface area (Å²) in [5.41, 5.74) is 0. The van der Waals surface area contributed by atoms with Crippen LogP contribution in [0.5, 0.6) is 0 Å². The normalized spacial score (nSPS) is 22.1. The largest absolute Gasteiger partial charge is 0.340 e. The lowest BCUT2D eigenvalue weighted by Gasteiger charge is -2.34. The molecule has 0 radical (unpaired) electrons. The lowest BCUT2D eigenvalue weighted by atomic mass is 9.95. The molecule has 2 heterocycles. The summed E-state index contributed by atoms with van der Waals surface area (Å²) in [6.07, 6.45) is 5.68. The Morgan fingerprint density at radius 3 is 2.40 bits per heavy atom. The molecule has 0 aromatic carbocycles. The maximum Gasteiger partial charge on any atom is 0.223 e. The number of rotatable bonds is 5. The second kappa shape index (κ2) is 8.28. The number of thioether (sulfide) groups is 1. The average molecular weight is 298 g/mol. The number of nitrogens with one attached hydrogen (secondary N) is 1. The van der Waals surface area contributed by atoms with E-state index in [0.717, 1.165) is 26.1 Å². The molecule has 0 aromatic rings. The minimum absolute atomic E-state index is 0.343. The van der Waals surface area contributed by atoms with Crippen molar-refractivity contribution in [3.8, 4) is 0 Å². The van der Waals surface area contributed by atoms with Crippen molar-refractivity contribution < 1.29 is 4.79 Å². The monoisotopic (exact) mass is 298 g/mol. The zero-order valence-corrected chi connectivity index (χ0v) is 13.9. The van der Waals surface area contributed by atoms with Gasteiger partial charge in [0.1, 0.15) is 0 Å². The van der Waals surface area contributed by atoms with E-state index in [0.29, 0.717) is 23.8 Å². The first kappa shape index (κ1) is 16.2. The zero-order valence-electron chi connectivity index (χ0n) is 13.1. The van der Waals surface area contributed by atoms with Crippen molar-refractivity contribution in [1.82, 2.24) is 10.2 Å². The van der Waals surface area contributed by atoms with Crippen LogP contribution in [0.15, 0.2) is 0 Å². The topological polar surface area (TPSA) is 32.3 Å². The molecular weight excluding hydrogens is 268 g/mol. The number of piperidine rings is 1. The molecule has 0 aliphatic carbocycles. The molecule has 3 nitrogen and oxygen atoms in total. The molecule has 116 valence electrons. The van der Waals surface area contributed by atoms with Crippen molar-refractivity contribution in [2.75, 3.05) is 31.1 Å². The molecule has 1 N–H and O–H groups in total. The van der Waals surface area contributed by atoms with Crippen LogP contribution in [0.1, 0.15) is 46.0 Å². The lowest BCUT2D eigenvalue weighted by Crippen LogP contribution is -2.43. The quantitative estimate of drug-likeness (QED) is 0.847. The van der Waals surface area contributed by atoms with Crippen LogP contribution in [-0.2, 0) is 4.79 Å². The van der Waals surface area contributed by atoms with E-state index in [-0.39, 0.29) is 0 Å². The van der Waals surface area contributed by atoms with Crippen molar-refractivity contribution in [2.24, 2.45) is 11.8 Å². The number of hydrogen-bond donors (Lipinski definition) is 1. The fourth-order valence-corrected chi connectivity index (χ4v) is 4.46. The molecule has 0 saturated carbocycles. The average Bonchev–Trinajstić information content (AvgIpc) is 2.46. The second-order valence-electron chi connectivity index (χ2n) is 6.59. The number of amides is 1. The van der Waals surface area contributed by atoms with Gasteiger partial charge in [0.05, 0.1) is 0 Å². The lowest BCUT2D eigenvalue weighted by molar-refractivity contribution is -0.134. The van der Waals surface area contributed by atoms with Crippen LogP contribution in [0.25, 0.3) is 0 Å². The molecule has 0 atom stereocenters. The highest BCUT2D eigenvalue weighted by atomic mass is 32.2. The molecular formula is C16H30N2OS. The minimum Gasteiger partial charge on any atom is -0.340 e. The number of carbonyl (C=O) groups is 1. The molecule has 20 heavy (non-hydrogen) atoms. The van der Waals surface area contributed by atoms with Crippen LogP contribution in [0.4, 0.5) is 0 Å². The van der Waals surface area contributed by atoms with E-state index in [9.17, 15) is 4.79 Å². The summed E-state index contributed by atoms with van der Waals surface area (Å²) in [6, 6.07) is 0.343. The summed E-state index contributed by atoms with van der Waals surface area (Å²) >= 11 is 2.04. The molecule has 4 heteroatoms. The van der Waals surface area contributed by atoms with Crippen LogP contribution in [0, 0.1) is 11.8 Å². The van der Waals surface area contributed by atoms with E-state index < -0.39 is 0 Å². The van der Waals surface area contributed by atoms with Gasteiger partial charge in [-0.1, -0.05) is 0 Å². The van der Waals surface area contributed by atoms with Gasteiger partial charge in [-0.25, -0.2) is 0 Å². The molecule has 0 aromatic heterocycles. The summed E-state index contributed by atoms with van der Waals surface area (Å²) in [5.74, 6) is 4.22. The van der Waals surface area contributed by atoms with Crippen LogP contribution >= 0.6 is 11.8 Å². The third-order valence-electron chi connectivity index (χ3n) is 4.66. The predicted molar refractivity (Wildman–Crippen MR) is 87.1 cm³/mol. The molecule has 2 rings (SSSR count). The van der Waals surface area contributed by atoms with Gasteiger partial charge in [0, 0.05) is 19.0 Å². The Balaban J connectivity index is 1.84. The smallest absolute Gasteiger partial charge is 0.223 e. The van der Waals surface area contributed by atoms with Crippen molar-refractivity contribution in [3.05, 3.63) is 0 Å². The molecule has 1 amide bonds. The van der Waals surface area contributed by atoms with E-state index in [1.54, 1.807) is 0 Å². The highest BCUT2D eigenvalue weighted by molar-refractivity contribution is 7.99. The van der Waals surface area contributed by atoms with Gasteiger partial charge >= 0.3 is 0 Å². The van der Waals surface area contributed by atoms with Crippen LogP contribution in [0.3, 0.4) is 0 Å². The zero-order chi connectivity index (χ0) is 14.4. The van der Waals surface area contributed by atoms with Gasteiger partial charge in [0.15, 0.2) is 0 Å². The first-order chi connectivity index (χ1) is 9.66. The molecule has 0 spiro atoms. The maximum atomic E-state index is 12.6.